The van der Waals surface area contributed by atoms with E-state index in [9.17, 15) is 38.1 Å². The third-order valence-electron chi connectivity index (χ3n) is 6.85. The van der Waals surface area contributed by atoms with Crippen LogP contribution in [-0.4, -0.2) is 106 Å². The van der Waals surface area contributed by atoms with Gasteiger partial charge in [0.2, 0.25) is 6.10 Å². The molecule has 1 fully saturated rings. The Morgan fingerprint density at radius 3 is 2.45 bits per heavy atom. The number of ether oxygens (including phenoxy) is 3. The number of aliphatic carboxylic acids is 2. The van der Waals surface area contributed by atoms with E-state index in [2.05, 4.69) is 20.8 Å². The first-order chi connectivity index (χ1) is 24.0. The number of β-lactam (4-membered cyclic amide) rings is 1. The fourth-order valence-electron chi connectivity index (χ4n) is 4.57. The maximum atomic E-state index is 13.6. The predicted octanol–water partition coefficient (Wildman–Crippen LogP) is 2.00. The minimum Gasteiger partial charge on any atom is -0.497 e. The first-order valence-corrected chi connectivity index (χ1v) is 18.5. The van der Waals surface area contributed by atoms with Crippen molar-refractivity contribution in [2.75, 3.05) is 22.6 Å². The number of fused-ring (bicyclic) bond motifs is 1. The zero-order valence-corrected chi connectivity index (χ0v) is 31.2. The van der Waals surface area contributed by atoms with Crippen LogP contribution in [0.1, 0.15) is 38.4 Å². The molecule has 2 unspecified atom stereocenters. The van der Waals surface area contributed by atoms with E-state index in [0.29, 0.717) is 16.9 Å². The standard InChI is InChI=1S/C30H32IN5O13S2/c1-30(2,3)48-29(44)34-28-32-17(12-50-28)20(35-49-18(26(41)42)9-19(37)38)23(39)33-21-24(40)36-22(15(10-31)13-51(45)25(21)36)27(43)47-11-14-5-7-16(46-4)8-6-14/h5-8,12,18,21,25H,9-11,13H2,1-4H3,(H,33,39)(H,37,38)(H,41,42)(H,32,34,44)/b35-20-/t18?,21-,25-,51?/m1/s1. The number of carboxylic acid groups (broad SMARTS) is 2. The van der Waals surface area contributed by atoms with Crippen LogP contribution in [0.3, 0.4) is 0 Å². The molecule has 0 spiro atoms. The number of benzene rings is 1. The van der Waals surface area contributed by atoms with Crippen molar-refractivity contribution >= 4 is 91.4 Å². The van der Waals surface area contributed by atoms with Gasteiger partial charge in [-0.3, -0.25) is 28.8 Å². The number of amides is 3. The van der Waals surface area contributed by atoms with E-state index in [1.165, 1.54) is 12.5 Å². The minimum absolute atomic E-state index is 0.0615. The van der Waals surface area contributed by atoms with E-state index in [0.717, 1.165) is 16.2 Å². The topological polar surface area (TPSA) is 249 Å². The molecule has 51 heavy (non-hydrogen) atoms. The lowest BCUT2D eigenvalue weighted by atomic mass is 10.0. The smallest absolute Gasteiger partial charge is 0.413 e. The number of esters is 1. The van der Waals surface area contributed by atoms with Crippen molar-refractivity contribution in [1.29, 1.82) is 0 Å². The van der Waals surface area contributed by atoms with Gasteiger partial charge in [-0.25, -0.2) is 19.4 Å². The van der Waals surface area contributed by atoms with E-state index in [-0.39, 0.29) is 33.3 Å². The zero-order valence-electron chi connectivity index (χ0n) is 27.4. The maximum Gasteiger partial charge on any atom is 0.413 e. The summed E-state index contributed by atoms with van der Waals surface area (Å²) in [4.78, 5) is 85.5. The fourth-order valence-corrected chi connectivity index (χ4v) is 7.94. The largest absolute Gasteiger partial charge is 0.497 e. The van der Waals surface area contributed by atoms with Crippen LogP contribution >= 0.6 is 33.9 Å². The van der Waals surface area contributed by atoms with Gasteiger partial charge >= 0.3 is 24.0 Å². The summed E-state index contributed by atoms with van der Waals surface area (Å²) in [6.45, 7) is 4.78. The maximum absolute atomic E-state index is 13.6. The van der Waals surface area contributed by atoms with Crippen LogP contribution < -0.4 is 15.4 Å². The number of halogens is 1. The summed E-state index contributed by atoms with van der Waals surface area (Å²) in [5.74, 6) is -5.49. The van der Waals surface area contributed by atoms with Gasteiger partial charge in [0.25, 0.3) is 11.8 Å². The third kappa shape index (κ3) is 9.78. The monoisotopic (exact) mass is 861 g/mol. The average molecular weight is 862 g/mol. The Morgan fingerprint density at radius 1 is 1.18 bits per heavy atom. The highest BCUT2D eigenvalue weighted by molar-refractivity contribution is 14.1. The number of anilines is 1. The lowest BCUT2D eigenvalue weighted by molar-refractivity contribution is -0.157. The molecular formula is C30H32IN5O13S2. The highest BCUT2D eigenvalue weighted by Gasteiger charge is 2.57. The van der Waals surface area contributed by atoms with Crippen LogP contribution in [0.15, 0.2) is 46.1 Å². The Morgan fingerprint density at radius 2 is 1.86 bits per heavy atom. The minimum atomic E-state index is -2.02. The number of thiazole rings is 1. The van der Waals surface area contributed by atoms with Crippen LogP contribution in [0.5, 0.6) is 5.75 Å². The number of aromatic nitrogens is 1. The summed E-state index contributed by atoms with van der Waals surface area (Å²) in [6, 6.07) is 5.33. The number of methoxy groups -OCH3 is 1. The third-order valence-corrected chi connectivity index (χ3v) is 10.2. The van der Waals surface area contributed by atoms with Gasteiger partial charge in [0.05, 0.1) is 30.1 Å². The van der Waals surface area contributed by atoms with Crippen molar-refractivity contribution in [1.82, 2.24) is 15.2 Å². The lowest BCUT2D eigenvalue weighted by Gasteiger charge is -2.49. The molecule has 4 atom stereocenters. The molecule has 0 radical (unpaired) electrons. The van der Waals surface area contributed by atoms with Gasteiger partial charge in [-0.1, -0.05) is 39.9 Å². The highest BCUT2D eigenvalue weighted by atomic mass is 127. The van der Waals surface area contributed by atoms with Crippen molar-refractivity contribution in [3.8, 4) is 5.75 Å². The summed E-state index contributed by atoms with van der Waals surface area (Å²) >= 11 is 2.80. The second kappa shape index (κ2) is 16.6. The number of hydrogen-bond donors (Lipinski definition) is 4. The average Bonchev–Trinajstić information content (AvgIpc) is 3.51. The molecule has 1 saturated heterocycles. The van der Waals surface area contributed by atoms with E-state index < -0.39 is 81.9 Å². The molecule has 274 valence electrons. The van der Waals surface area contributed by atoms with Crippen molar-refractivity contribution < 1.29 is 62.2 Å². The number of carbonyl (C=O) groups excluding carboxylic acids is 4. The second-order valence-electron chi connectivity index (χ2n) is 11.7. The highest BCUT2D eigenvalue weighted by Crippen LogP contribution is 2.36. The number of hydrogen-bond acceptors (Lipinski definition) is 14. The molecule has 21 heteroatoms. The molecule has 3 amide bonds. The van der Waals surface area contributed by atoms with Gasteiger partial charge in [0.15, 0.2) is 10.8 Å². The SMILES string of the molecule is COc1ccc(COC(=O)C2=C(CI)CS(=O)[C@@H]3[C@H](NC(=O)/C(=N\OC(CC(=O)O)C(=O)O)c4csc(NC(=O)OC(C)(C)C)n4)C(=O)N23)cc1. The molecule has 2 aromatic rings. The summed E-state index contributed by atoms with van der Waals surface area (Å²) in [6.07, 6.45) is -3.90. The number of oxime groups is 1. The van der Waals surface area contributed by atoms with Crippen molar-refractivity contribution in [2.24, 2.45) is 5.16 Å². The molecule has 3 heterocycles. The summed E-state index contributed by atoms with van der Waals surface area (Å²) < 4.78 is 29.4. The van der Waals surface area contributed by atoms with Crippen LogP contribution in [0.25, 0.3) is 0 Å². The Labute approximate surface area is 310 Å². The van der Waals surface area contributed by atoms with Crippen molar-refractivity contribution in [2.45, 2.75) is 56.9 Å². The fraction of sp³-hybridized carbons (Fsp3) is 0.400. The molecule has 1 aromatic heterocycles. The van der Waals surface area contributed by atoms with Crippen molar-refractivity contribution in [3.63, 3.8) is 0 Å². The summed E-state index contributed by atoms with van der Waals surface area (Å²) in [5, 5.41) is 26.8. The number of rotatable bonds is 14. The first-order valence-electron chi connectivity index (χ1n) is 14.8. The Hall–Kier alpha value is -4.64. The lowest BCUT2D eigenvalue weighted by Crippen LogP contribution is -2.74. The summed E-state index contributed by atoms with van der Waals surface area (Å²) in [5.41, 5.74) is -0.842. The van der Waals surface area contributed by atoms with Gasteiger partial charge in [-0.2, -0.15) is 0 Å². The van der Waals surface area contributed by atoms with Crippen LogP contribution in [-0.2, 0) is 55.7 Å². The number of carboxylic acids is 2. The van der Waals surface area contributed by atoms with Gasteiger partial charge in [-0.05, 0) is 44.0 Å². The van der Waals surface area contributed by atoms with E-state index in [1.54, 1.807) is 45.0 Å². The zero-order chi connectivity index (χ0) is 37.6. The van der Waals surface area contributed by atoms with Crippen LogP contribution in [0.4, 0.5) is 9.93 Å². The van der Waals surface area contributed by atoms with Crippen LogP contribution in [0.2, 0.25) is 0 Å². The first kappa shape index (κ1) is 39.2. The Bertz CT molecular complexity index is 1810. The summed E-state index contributed by atoms with van der Waals surface area (Å²) in [7, 11) is -0.272. The predicted molar refractivity (Wildman–Crippen MR) is 188 cm³/mol. The van der Waals surface area contributed by atoms with Gasteiger partial charge in [0, 0.05) is 9.81 Å². The molecular weight excluding hydrogens is 829 g/mol. The Kier molecular flexibility index (Phi) is 12.7. The molecule has 2 aliphatic heterocycles. The number of alkyl halides is 1. The van der Waals surface area contributed by atoms with E-state index >= 15 is 0 Å². The molecule has 0 bridgehead atoms. The van der Waals surface area contributed by atoms with E-state index in [1.807, 2.05) is 22.6 Å². The van der Waals surface area contributed by atoms with E-state index in [4.69, 9.17) is 24.2 Å². The molecule has 2 aliphatic rings. The van der Waals surface area contributed by atoms with Gasteiger partial charge in [0.1, 0.15) is 40.8 Å². The van der Waals surface area contributed by atoms with Crippen LogP contribution in [0, 0.1) is 0 Å². The van der Waals surface area contributed by atoms with Crippen molar-refractivity contribution in [3.05, 3.63) is 52.2 Å². The number of carbonyl (C=O) groups is 6. The molecule has 18 nitrogen and oxygen atoms in total. The van der Waals surface area contributed by atoms with Gasteiger partial charge < -0.3 is 34.6 Å². The normalized spacial score (nSPS) is 19.2. The quantitative estimate of drug-likeness (QED) is 0.0530. The number of nitrogens with zero attached hydrogens (tertiary/aromatic N) is 3. The molecule has 0 saturated carbocycles. The van der Waals surface area contributed by atoms with Gasteiger partial charge in [-0.15, -0.1) is 11.3 Å². The second-order valence-corrected chi connectivity index (χ2v) is 14.9. The molecule has 0 aliphatic carbocycles. The molecule has 1 aromatic carbocycles. The number of nitrogens with one attached hydrogen (secondary N) is 2. The Balaban J connectivity index is 1.56. The molecule has 4 rings (SSSR count). The molecule has 4 N–H and O–H groups in total.